The molecule has 1 aliphatic rings. The zero-order valence-electron chi connectivity index (χ0n) is 9.88. The van der Waals surface area contributed by atoms with E-state index in [0.29, 0.717) is 12.1 Å². The number of aromatic nitrogens is 2. The van der Waals surface area contributed by atoms with Gasteiger partial charge in [-0.15, -0.1) is 0 Å². The van der Waals surface area contributed by atoms with E-state index in [-0.39, 0.29) is 18.1 Å². The molecule has 5 nitrogen and oxygen atoms in total. The molecule has 1 heterocycles. The molecule has 19 heavy (non-hydrogen) atoms. The molecule has 2 rings (SSSR count). The Morgan fingerprint density at radius 1 is 1.47 bits per heavy atom. The Labute approximate surface area is 107 Å². The molecule has 9 heteroatoms. The van der Waals surface area contributed by atoms with Crippen LogP contribution in [-0.2, 0) is 21.3 Å². The minimum Gasteiger partial charge on any atom is -0.381 e. The summed E-state index contributed by atoms with van der Waals surface area (Å²) in [7, 11) is -3.81. The number of alkyl halides is 3. The number of imidazole rings is 1. The molecule has 0 bridgehead atoms. The Kier molecular flexibility index (Phi) is 3.33. The van der Waals surface area contributed by atoms with E-state index in [1.54, 1.807) is 24.1 Å². The van der Waals surface area contributed by atoms with Crippen molar-refractivity contribution in [3.8, 4) is 0 Å². The molecule has 1 unspecified atom stereocenters. The highest BCUT2D eigenvalue weighted by Gasteiger charge is 2.49. The van der Waals surface area contributed by atoms with Gasteiger partial charge in [-0.25, -0.2) is 4.98 Å². The van der Waals surface area contributed by atoms with Gasteiger partial charge in [-0.3, -0.25) is 0 Å². The van der Waals surface area contributed by atoms with Crippen molar-refractivity contribution in [2.24, 2.45) is 7.05 Å². The largest absolute Gasteiger partial charge is 0.534 e. The Bertz CT molecular complexity index is 604. The molecule has 0 fully saturated rings. The summed E-state index contributed by atoms with van der Waals surface area (Å²) in [5.74, 6) is -0.340. The van der Waals surface area contributed by atoms with Crippen molar-refractivity contribution < 1.29 is 25.8 Å². The molecule has 1 aliphatic carbocycles. The van der Waals surface area contributed by atoms with Crippen molar-refractivity contribution in [2.75, 3.05) is 0 Å². The fourth-order valence-corrected chi connectivity index (χ4v) is 2.32. The molecule has 0 aliphatic heterocycles. The maximum Gasteiger partial charge on any atom is 0.534 e. The van der Waals surface area contributed by atoms with Crippen LogP contribution in [0.3, 0.4) is 0 Å². The second kappa shape index (κ2) is 4.55. The van der Waals surface area contributed by atoms with Crippen LogP contribution in [-0.4, -0.2) is 23.5 Å². The van der Waals surface area contributed by atoms with Gasteiger partial charge in [0.1, 0.15) is 5.76 Å². The first-order chi connectivity index (χ1) is 8.69. The minimum atomic E-state index is -5.58. The topological polar surface area (TPSA) is 61.2 Å². The zero-order valence-corrected chi connectivity index (χ0v) is 10.7. The van der Waals surface area contributed by atoms with E-state index >= 15 is 0 Å². The fourth-order valence-electron chi connectivity index (χ4n) is 1.81. The van der Waals surface area contributed by atoms with Gasteiger partial charge < -0.3 is 8.75 Å². The number of nitrogens with zero attached hydrogens (tertiary/aromatic N) is 2. The lowest BCUT2D eigenvalue weighted by atomic mass is 10.0. The van der Waals surface area contributed by atoms with Crippen molar-refractivity contribution in [1.82, 2.24) is 9.55 Å². The van der Waals surface area contributed by atoms with Crippen LogP contribution < -0.4 is 0 Å². The molecule has 1 atom stereocenters. The summed E-state index contributed by atoms with van der Waals surface area (Å²) >= 11 is 0. The van der Waals surface area contributed by atoms with Crippen LogP contribution in [0.1, 0.15) is 24.5 Å². The average Bonchev–Trinajstić information content (AvgIpc) is 2.84. The zero-order chi connectivity index (χ0) is 14.3. The Morgan fingerprint density at radius 2 is 2.16 bits per heavy atom. The lowest BCUT2D eigenvalue weighted by Crippen LogP contribution is -2.25. The van der Waals surface area contributed by atoms with Crippen molar-refractivity contribution >= 4 is 10.1 Å². The molecule has 1 aromatic rings. The second-order valence-corrected chi connectivity index (χ2v) is 5.79. The predicted octanol–water partition coefficient (Wildman–Crippen LogP) is 2.05. The number of halogens is 3. The minimum absolute atomic E-state index is 0.0896. The monoisotopic (exact) mass is 296 g/mol. The molecule has 0 aromatic carbocycles. The van der Waals surface area contributed by atoms with Gasteiger partial charge in [0.25, 0.3) is 0 Å². The van der Waals surface area contributed by atoms with Crippen LogP contribution in [0.25, 0.3) is 0 Å². The van der Waals surface area contributed by atoms with E-state index in [4.69, 9.17) is 0 Å². The third-order valence-electron chi connectivity index (χ3n) is 2.72. The molecule has 0 spiro atoms. The van der Waals surface area contributed by atoms with Crippen LogP contribution >= 0.6 is 0 Å². The molecule has 1 aromatic heterocycles. The molecule has 106 valence electrons. The Morgan fingerprint density at radius 3 is 2.68 bits per heavy atom. The molecular formula is C10H11F3N2O3S. The van der Waals surface area contributed by atoms with Gasteiger partial charge in [0, 0.05) is 25.6 Å². The summed E-state index contributed by atoms with van der Waals surface area (Å²) in [5.41, 5.74) is -4.71. The van der Waals surface area contributed by atoms with Crippen LogP contribution in [0.5, 0.6) is 0 Å². The lowest BCUT2D eigenvalue weighted by Gasteiger charge is -2.11. The van der Waals surface area contributed by atoms with Gasteiger partial charge in [0.15, 0.2) is 0 Å². The van der Waals surface area contributed by atoms with Crippen molar-refractivity contribution in [2.45, 2.75) is 24.3 Å². The van der Waals surface area contributed by atoms with Gasteiger partial charge in [-0.05, 0) is 12.5 Å². The fraction of sp³-hybridized carbons (Fsp3) is 0.500. The normalized spacial score (nSPS) is 20.4. The van der Waals surface area contributed by atoms with Gasteiger partial charge in [0.2, 0.25) is 0 Å². The summed E-state index contributed by atoms with van der Waals surface area (Å²) in [6.07, 6.45) is 5.15. The molecule has 0 saturated carbocycles. The number of rotatable bonds is 3. The maximum absolute atomic E-state index is 12.2. The highest BCUT2D eigenvalue weighted by molar-refractivity contribution is 7.87. The summed E-state index contributed by atoms with van der Waals surface area (Å²) < 4.78 is 64.0. The Hall–Kier alpha value is -1.51. The van der Waals surface area contributed by atoms with E-state index in [1.165, 1.54) is 6.08 Å². The van der Waals surface area contributed by atoms with Crippen LogP contribution in [0.4, 0.5) is 13.2 Å². The van der Waals surface area contributed by atoms with Crippen LogP contribution in [0.15, 0.2) is 24.4 Å². The van der Waals surface area contributed by atoms with Crippen molar-refractivity contribution in [3.05, 3.63) is 30.1 Å². The number of hydrogen-bond acceptors (Lipinski definition) is 4. The first kappa shape index (κ1) is 13.9. The third kappa shape index (κ3) is 2.91. The molecular weight excluding hydrogens is 285 g/mol. The number of aryl methyl sites for hydroxylation is 1. The van der Waals surface area contributed by atoms with E-state index < -0.39 is 15.6 Å². The molecule has 0 saturated heterocycles. The SMILES string of the molecule is Cn1cnc(C2CC=C(OS(=O)(=O)C(F)(F)F)C2)c1. The second-order valence-electron chi connectivity index (χ2n) is 4.25. The number of allylic oxidation sites excluding steroid dienone is 2. The first-order valence-corrected chi connectivity index (χ1v) is 6.77. The predicted molar refractivity (Wildman–Crippen MR) is 59.3 cm³/mol. The molecule has 0 radical (unpaired) electrons. The van der Waals surface area contributed by atoms with Gasteiger partial charge in [-0.1, -0.05) is 0 Å². The van der Waals surface area contributed by atoms with Gasteiger partial charge in [0.05, 0.1) is 12.0 Å². The average molecular weight is 296 g/mol. The van der Waals surface area contributed by atoms with Crippen molar-refractivity contribution in [1.29, 1.82) is 0 Å². The van der Waals surface area contributed by atoms with Crippen molar-refractivity contribution in [3.63, 3.8) is 0 Å². The first-order valence-electron chi connectivity index (χ1n) is 5.36. The quantitative estimate of drug-likeness (QED) is 0.632. The third-order valence-corrected chi connectivity index (χ3v) is 3.72. The summed E-state index contributed by atoms with van der Waals surface area (Å²) in [4.78, 5) is 4.08. The van der Waals surface area contributed by atoms with E-state index in [2.05, 4.69) is 9.17 Å². The summed E-state index contributed by atoms with van der Waals surface area (Å²) in [5, 5.41) is 0. The standard InChI is InChI=1S/C10H11F3N2O3S/c1-15-5-9(14-6-15)7-2-3-8(4-7)18-19(16,17)10(11,12)13/h3,5-7H,2,4H2,1H3. The maximum atomic E-state index is 12.2. The smallest absolute Gasteiger partial charge is 0.381 e. The van der Waals surface area contributed by atoms with Gasteiger partial charge in [-0.2, -0.15) is 21.6 Å². The lowest BCUT2D eigenvalue weighted by molar-refractivity contribution is -0.0523. The summed E-state index contributed by atoms with van der Waals surface area (Å²) in [6, 6.07) is 0. The van der Waals surface area contributed by atoms with E-state index in [0.717, 1.165) is 0 Å². The van der Waals surface area contributed by atoms with E-state index in [1.807, 2.05) is 0 Å². The molecule has 0 amide bonds. The van der Waals surface area contributed by atoms with Gasteiger partial charge >= 0.3 is 15.6 Å². The summed E-state index contributed by atoms with van der Waals surface area (Å²) in [6.45, 7) is 0. The van der Waals surface area contributed by atoms with Crippen LogP contribution in [0.2, 0.25) is 0 Å². The highest BCUT2D eigenvalue weighted by Crippen LogP contribution is 2.36. The Balaban J connectivity index is 2.03. The van der Waals surface area contributed by atoms with Crippen LogP contribution in [0, 0.1) is 0 Å². The highest BCUT2D eigenvalue weighted by atomic mass is 32.2. The van der Waals surface area contributed by atoms with E-state index in [9.17, 15) is 21.6 Å². The molecule has 0 N–H and O–H groups in total. The number of hydrogen-bond donors (Lipinski definition) is 0.